The Morgan fingerprint density at radius 1 is 1.21 bits per heavy atom. The van der Waals surface area contributed by atoms with Crippen molar-refractivity contribution < 1.29 is 19.8 Å². The van der Waals surface area contributed by atoms with E-state index in [1.54, 1.807) is 0 Å². The van der Waals surface area contributed by atoms with Gasteiger partial charge in [0, 0.05) is 6.04 Å². The van der Waals surface area contributed by atoms with Crippen molar-refractivity contribution in [2.24, 2.45) is 0 Å². The van der Waals surface area contributed by atoms with Crippen molar-refractivity contribution in [3.8, 4) is 5.75 Å². The Balaban J connectivity index is 1.98. The summed E-state index contributed by atoms with van der Waals surface area (Å²) in [7, 11) is 0. The van der Waals surface area contributed by atoms with Gasteiger partial charge in [-0.2, -0.15) is 0 Å². The lowest BCUT2D eigenvalue weighted by Gasteiger charge is -2.13. The minimum Gasteiger partial charge on any atom is -0.506 e. The molecule has 6 heteroatoms. The molecule has 0 fully saturated rings. The average molecular weight is 262 g/mol. The molecular weight excluding hydrogens is 248 g/mol. The number of urea groups is 1. The van der Waals surface area contributed by atoms with Crippen molar-refractivity contribution in [3.63, 3.8) is 0 Å². The SMILES string of the molecule is O=C(Nc1ccc(C(=O)O)cc1O)NC1CC=CC1. The number of phenolic OH excluding ortho intramolecular Hbond substituents is 1. The number of rotatable bonds is 3. The maximum Gasteiger partial charge on any atom is 0.335 e. The summed E-state index contributed by atoms with van der Waals surface area (Å²) < 4.78 is 0. The molecule has 0 saturated carbocycles. The summed E-state index contributed by atoms with van der Waals surface area (Å²) in [6.07, 6.45) is 5.56. The van der Waals surface area contributed by atoms with Gasteiger partial charge in [-0.1, -0.05) is 12.2 Å². The van der Waals surface area contributed by atoms with E-state index in [1.165, 1.54) is 12.1 Å². The maximum atomic E-state index is 11.7. The summed E-state index contributed by atoms with van der Waals surface area (Å²) >= 11 is 0. The molecule has 0 atom stereocenters. The number of carboxylic acid groups (broad SMARTS) is 1. The molecule has 6 nitrogen and oxygen atoms in total. The summed E-state index contributed by atoms with van der Waals surface area (Å²) in [4.78, 5) is 22.4. The lowest BCUT2D eigenvalue weighted by Crippen LogP contribution is -2.36. The van der Waals surface area contributed by atoms with E-state index >= 15 is 0 Å². The molecule has 4 N–H and O–H groups in total. The first kappa shape index (κ1) is 12.9. The Morgan fingerprint density at radius 2 is 1.89 bits per heavy atom. The highest BCUT2D eigenvalue weighted by Crippen LogP contribution is 2.24. The fraction of sp³-hybridized carbons (Fsp3) is 0.231. The Hall–Kier alpha value is -2.50. The molecule has 19 heavy (non-hydrogen) atoms. The zero-order chi connectivity index (χ0) is 13.8. The van der Waals surface area contributed by atoms with Gasteiger partial charge in [0.05, 0.1) is 11.3 Å². The van der Waals surface area contributed by atoms with Crippen LogP contribution in [-0.4, -0.2) is 28.3 Å². The number of carbonyl (C=O) groups is 2. The Morgan fingerprint density at radius 3 is 2.47 bits per heavy atom. The Labute approximate surface area is 109 Å². The van der Waals surface area contributed by atoms with Gasteiger partial charge in [0.1, 0.15) is 5.75 Å². The Bertz CT molecular complexity index is 531. The van der Waals surface area contributed by atoms with Crippen LogP contribution in [0.1, 0.15) is 23.2 Å². The third kappa shape index (κ3) is 3.25. The topological polar surface area (TPSA) is 98.7 Å². The smallest absolute Gasteiger partial charge is 0.335 e. The second-order valence-corrected chi connectivity index (χ2v) is 4.28. The lowest BCUT2D eigenvalue weighted by molar-refractivity contribution is 0.0696. The standard InChI is InChI=1S/C13H14N2O4/c16-11-7-8(12(17)18)5-6-10(11)15-13(19)14-9-3-1-2-4-9/h1-2,5-7,9,16H,3-4H2,(H,17,18)(H2,14,15,19). The first-order valence-electron chi connectivity index (χ1n) is 5.85. The second kappa shape index (κ2) is 5.43. The number of aromatic carboxylic acids is 1. The van der Waals surface area contributed by atoms with E-state index in [0.29, 0.717) is 0 Å². The number of phenols is 1. The van der Waals surface area contributed by atoms with Gasteiger partial charge in [0.15, 0.2) is 0 Å². The summed E-state index contributed by atoms with van der Waals surface area (Å²) in [5.41, 5.74) is 0.136. The minimum absolute atomic E-state index is 0.0385. The predicted molar refractivity (Wildman–Crippen MR) is 69.4 cm³/mol. The average Bonchev–Trinajstić information content (AvgIpc) is 2.84. The van der Waals surface area contributed by atoms with E-state index in [0.717, 1.165) is 18.9 Å². The van der Waals surface area contributed by atoms with Crippen LogP contribution < -0.4 is 10.6 Å². The molecule has 1 aliphatic carbocycles. The maximum absolute atomic E-state index is 11.7. The molecule has 100 valence electrons. The third-order valence-electron chi connectivity index (χ3n) is 2.84. The van der Waals surface area contributed by atoms with E-state index in [-0.39, 0.29) is 23.0 Å². The molecule has 1 aromatic carbocycles. The number of carboxylic acids is 1. The van der Waals surface area contributed by atoms with Crippen molar-refractivity contribution in [1.29, 1.82) is 0 Å². The van der Waals surface area contributed by atoms with Gasteiger partial charge in [0.25, 0.3) is 0 Å². The summed E-state index contributed by atoms with van der Waals surface area (Å²) in [5.74, 6) is -1.41. The quantitative estimate of drug-likeness (QED) is 0.494. The molecule has 1 aromatic rings. The minimum atomic E-state index is -1.14. The van der Waals surface area contributed by atoms with Crippen LogP contribution in [0.25, 0.3) is 0 Å². The number of benzene rings is 1. The molecule has 0 bridgehead atoms. The van der Waals surface area contributed by atoms with E-state index in [9.17, 15) is 14.7 Å². The van der Waals surface area contributed by atoms with Gasteiger partial charge < -0.3 is 20.8 Å². The molecule has 0 aromatic heterocycles. The Kier molecular flexibility index (Phi) is 3.70. The number of anilines is 1. The summed E-state index contributed by atoms with van der Waals surface area (Å²) in [5, 5.41) is 23.6. The van der Waals surface area contributed by atoms with Crippen molar-refractivity contribution in [2.75, 3.05) is 5.32 Å². The van der Waals surface area contributed by atoms with Gasteiger partial charge in [-0.25, -0.2) is 9.59 Å². The van der Waals surface area contributed by atoms with Gasteiger partial charge in [-0.3, -0.25) is 0 Å². The molecule has 0 heterocycles. The number of hydrogen-bond donors (Lipinski definition) is 4. The fourth-order valence-electron chi connectivity index (χ4n) is 1.85. The van der Waals surface area contributed by atoms with E-state index in [1.807, 2.05) is 12.2 Å². The molecule has 0 saturated heterocycles. The molecule has 0 spiro atoms. The second-order valence-electron chi connectivity index (χ2n) is 4.28. The first-order chi connectivity index (χ1) is 9.06. The predicted octanol–water partition coefficient (Wildman–Crippen LogP) is 1.93. The summed E-state index contributed by atoms with van der Waals surface area (Å²) in [6, 6.07) is 3.40. The van der Waals surface area contributed by atoms with Crippen molar-refractivity contribution in [3.05, 3.63) is 35.9 Å². The monoisotopic (exact) mass is 262 g/mol. The number of carbonyl (C=O) groups excluding carboxylic acids is 1. The zero-order valence-corrected chi connectivity index (χ0v) is 10.1. The van der Waals surface area contributed by atoms with E-state index < -0.39 is 12.0 Å². The zero-order valence-electron chi connectivity index (χ0n) is 10.1. The van der Waals surface area contributed by atoms with Gasteiger partial charge in [0.2, 0.25) is 0 Å². The first-order valence-corrected chi connectivity index (χ1v) is 5.85. The van der Waals surface area contributed by atoms with Crippen molar-refractivity contribution in [2.45, 2.75) is 18.9 Å². The third-order valence-corrected chi connectivity index (χ3v) is 2.84. The van der Waals surface area contributed by atoms with Gasteiger partial charge >= 0.3 is 12.0 Å². The van der Waals surface area contributed by atoms with Gasteiger partial charge in [-0.15, -0.1) is 0 Å². The molecule has 0 unspecified atom stereocenters. The van der Waals surface area contributed by atoms with Crippen LogP contribution in [0, 0.1) is 0 Å². The molecule has 0 radical (unpaired) electrons. The van der Waals surface area contributed by atoms with Crippen LogP contribution >= 0.6 is 0 Å². The van der Waals surface area contributed by atoms with Crippen molar-refractivity contribution in [1.82, 2.24) is 5.32 Å². The fourth-order valence-corrected chi connectivity index (χ4v) is 1.85. The van der Waals surface area contributed by atoms with Gasteiger partial charge in [-0.05, 0) is 31.0 Å². The molecule has 0 aliphatic heterocycles. The van der Waals surface area contributed by atoms with Crippen LogP contribution in [0.3, 0.4) is 0 Å². The lowest BCUT2D eigenvalue weighted by atomic mass is 10.2. The van der Waals surface area contributed by atoms with Crippen LogP contribution in [0.4, 0.5) is 10.5 Å². The number of nitrogens with one attached hydrogen (secondary N) is 2. The van der Waals surface area contributed by atoms with Crippen LogP contribution in [-0.2, 0) is 0 Å². The highest BCUT2D eigenvalue weighted by atomic mass is 16.4. The van der Waals surface area contributed by atoms with E-state index in [2.05, 4.69) is 10.6 Å². The normalized spacial score (nSPS) is 14.3. The van der Waals surface area contributed by atoms with Crippen LogP contribution in [0.15, 0.2) is 30.4 Å². The van der Waals surface area contributed by atoms with Crippen LogP contribution in [0.2, 0.25) is 0 Å². The van der Waals surface area contributed by atoms with Crippen molar-refractivity contribution >= 4 is 17.7 Å². The molecule has 2 amide bonds. The number of hydrogen-bond acceptors (Lipinski definition) is 3. The molecule has 1 aliphatic rings. The molecule has 2 rings (SSSR count). The summed E-state index contributed by atoms with van der Waals surface area (Å²) in [6.45, 7) is 0. The largest absolute Gasteiger partial charge is 0.506 e. The van der Waals surface area contributed by atoms with Crippen LogP contribution in [0.5, 0.6) is 5.75 Å². The molecular formula is C13H14N2O4. The highest BCUT2D eigenvalue weighted by molar-refractivity contribution is 5.93. The van der Waals surface area contributed by atoms with E-state index in [4.69, 9.17) is 5.11 Å². The number of aromatic hydroxyl groups is 1. The highest BCUT2D eigenvalue weighted by Gasteiger charge is 2.14. The number of amides is 2.